The second kappa shape index (κ2) is 11.6. The van der Waals surface area contributed by atoms with E-state index in [2.05, 4.69) is 12.2 Å². The number of amides is 2. The average molecular weight is 415 g/mol. The highest BCUT2D eigenvalue weighted by atomic mass is 35.5. The molecule has 0 bridgehead atoms. The number of benzene rings is 2. The molecule has 0 aliphatic heterocycles. The van der Waals surface area contributed by atoms with Gasteiger partial charge in [0.1, 0.15) is 6.04 Å². The van der Waals surface area contributed by atoms with Crippen LogP contribution in [0.15, 0.2) is 48.5 Å². The van der Waals surface area contributed by atoms with Crippen molar-refractivity contribution < 1.29 is 9.59 Å². The second-order valence-electron chi connectivity index (χ2n) is 7.36. The summed E-state index contributed by atoms with van der Waals surface area (Å²) in [4.78, 5) is 27.4. The zero-order chi connectivity index (χ0) is 21.2. The number of carbonyl (C=O) groups excluding carboxylic acids is 2. The Kier molecular flexibility index (Phi) is 9.20. The van der Waals surface area contributed by atoms with Crippen LogP contribution in [0.5, 0.6) is 0 Å². The molecule has 1 atom stereocenters. The Morgan fingerprint density at radius 1 is 1.07 bits per heavy atom. The Bertz CT molecular complexity index is 822. The van der Waals surface area contributed by atoms with Gasteiger partial charge in [0.15, 0.2) is 0 Å². The first-order valence-electron chi connectivity index (χ1n) is 10.3. The van der Waals surface area contributed by atoms with E-state index in [4.69, 9.17) is 11.6 Å². The van der Waals surface area contributed by atoms with Crippen LogP contribution in [0.2, 0.25) is 5.02 Å². The quantitative estimate of drug-likeness (QED) is 0.561. The molecule has 29 heavy (non-hydrogen) atoms. The van der Waals surface area contributed by atoms with Gasteiger partial charge in [0.25, 0.3) is 0 Å². The second-order valence-corrected chi connectivity index (χ2v) is 7.77. The predicted octanol–water partition coefficient (Wildman–Crippen LogP) is 4.91. The van der Waals surface area contributed by atoms with Crippen molar-refractivity contribution in [1.82, 2.24) is 10.2 Å². The van der Waals surface area contributed by atoms with Crippen LogP contribution >= 0.6 is 11.6 Å². The van der Waals surface area contributed by atoms with Gasteiger partial charge in [0.2, 0.25) is 11.8 Å². The number of hydrogen-bond acceptors (Lipinski definition) is 2. The van der Waals surface area contributed by atoms with Gasteiger partial charge >= 0.3 is 0 Å². The topological polar surface area (TPSA) is 49.4 Å². The molecule has 2 rings (SSSR count). The Morgan fingerprint density at radius 2 is 1.72 bits per heavy atom. The van der Waals surface area contributed by atoms with E-state index >= 15 is 0 Å². The van der Waals surface area contributed by atoms with E-state index in [9.17, 15) is 9.59 Å². The number of hydrogen-bond donors (Lipinski definition) is 1. The van der Waals surface area contributed by atoms with Gasteiger partial charge in [-0.05, 0) is 49.4 Å². The lowest BCUT2D eigenvalue weighted by molar-refractivity contribution is -0.140. The summed E-state index contributed by atoms with van der Waals surface area (Å²) in [7, 11) is 0. The van der Waals surface area contributed by atoms with E-state index in [0.717, 1.165) is 29.5 Å². The molecule has 4 nitrogen and oxygen atoms in total. The number of carbonyl (C=O) groups is 2. The Morgan fingerprint density at radius 3 is 2.38 bits per heavy atom. The van der Waals surface area contributed by atoms with Gasteiger partial charge in [-0.3, -0.25) is 9.59 Å². The molecule has 0 spiro atoms. The van der Waals surface area contributed by atoms with E-state index in [1.165, 1.54) is 0 Å². The standard InChI is InChI=1S/C24H31ClN2O2/c1-4-5-16-26-24(29)19(3)27(17-21-12-7-6-10-18(21)2)23(28)15-14-20-11-8-9-13-22(20)25/h6-13,19H,4-5,14-17H2,1-3H3,(H,26,29). The lowest BCUT2D eigenvalue weighted by Crippen LogP contribution is -2.48. The minimum absolute atomic E-state index is 0.0497. The van der Waals surface area contributed by atoms with Crippen LogP contribution < -0.4 is 5.32 Å². The predicted molar refractivity (Wildman–Crippen MR) is 119 cm³/mol. The summed E-state index contributed by atoms with van der Waals surface area (Å²) in [5.41, 5.74) is 3.10. The minimum Gasteiger partial charge on any atom is -0.354 e. The maximum absolute atomic E-state index is 13.1. The Labute approximate surface area is 179 Å². The van der Waals surface area contributed by atoms with Crippen LogP contribution in [0, 0.1) is 6.92 Å². The van der Waals surface area contributed by atoms with Crippen molar-refractivity contribution in [3.05, 3.63) is 70.2 Å². The first-order valence-corrected chi connectivity index (χ1v) is 10.7. The summed E-state index contributed by atoms with van der Waals surface area (Å²) in [5, 5.41) is 3.61. The molecule has 2 amide bonds. The SMILES string of the molecule is CCCCNC(=O)C(C)N(Cc1ccccc1C)C(=O)CCc1ccccc1Cl. The van der Waals surface area contributed by atoms with E-state index in [-0.39, 0.29) is 11.8 Å². The average Bonchev–Trinajstić information content (AvgIpc) is 2.72. The molecule has 0 saturated carbocycles. The molecule has 0 saturated heterocycles. The molecule has 0 heterocycles. The van der Waals surface area contributed by atoms with Crippen LogP contribution in [0.1, 0.15) is 49.8 Å². The van der Waals surface area contributed by atoms with E-state index in [1.807, 2.05) is 55.5 Å². The van der Waals surface area contributed by atoms with E-state index in [0.29, 0.717) is 31.0 Å². The maximum Gasteiger partial charge on any atom is 0.242 e. The van der Waals surface area contributed by atoms with Crippen molar-refractivity contribution in [3.8, 4) is 0 Å². The van der Waals surface area contributed by atoms with Gasteiger partial charge in [-0.25, -0.2) is 0 Å². The largest absolute Gasteiger partial charge is 0.354 e. The fourth-order valence-corrected chi connectivity index (χ4v) is 3.41. The third-order valence-corrected chi connectivity index (χ3v) is 5.53. The number of nitrogens with zero attached hydrogens (tertiary/aromatic N) is 1. The summed E-state index contributed by atoms with van der Waals surface area (Å²) >= 11 is 6.23. The zero-order valence-corrected chi connectivity index (χ0v) is 18.3. The summed E-state index contributed by atoms with van der Waals surface area (Å²) < 4.78 is 0. The third kappa shape index (κ3) is 6.90. The first-order chi connectivity index (χ1) is 13.9. The molecule has 2 aromatic carbocycles. The lowest BCUT2D eigenvalue weighted by atomic mass is 10.1. The normalized spacial score (nSPS) is 11.7. The highest BCUT2D eigenvalue weighted by molar-refractivity contribution is 6.31. The van der Waals surface area contributed by atoms with Gasteiger partial charge < -0.3 is 10.2 Å². The minimum atomic E-state index is -0.537. The van der Waals surface area contributed by atoms with Crippen LogP contribution in [-0.4, -0.2) is 29.3 Å². The molecule has 2 aromatic rings. The van der Waals surface area contributed by atoms with Crippen molar-refractivity contribution in [2.75, 3.05) is 6.54 Å². The monoisotopic (exact) mass is 414 g/mol. The van der Waals surface area contributed by atoms with Crippen LogP contribution in [0.3, 0.4) is 0 Å². The highest BCUT2D eigenvalue weighted by Crippen LogP contribution is 2.19. The summed E-state index contributed by atoms with van der Waals surface area (Å²) in [6, 6.07) is 15.0. The maximum atomic E-state index is 13.1. The molecule has 1 N–H and O–H groups in total. The highest BCUT2D eigenvalue weighted by Gasteiger charge is 2.26. The zero-order valence-electron chi connectivity index (χ0n) is 17.6. The van der Waals surface area contributed by atoms with Crippen LogP contribution in [0.4, 0.5) is 0 Å². The molecule has 0 aliphatic rings. The lowest BCUT2D eigenvalue weighted by Gasteiger charge is -2.29. The summed E-state index contributed by atoms with van der Waals surface area (Å²) in [6.45, 7) is 6.95. The van der Waals surface area contributed by atoms with Gasteiger partial charge in [0, 0.05) is 24.5 Å². The molecule has 0 radical (unpaired) electrons. The van der Waals surface area contributed by atoms with E-state index in [1.54, 1.807) is 11.8 Å². The number of nitrogens with one attached hydrogen (secondary N) is 1. The fourth-order valence-electron chi connectivity index (χ4n) is 3.18. The van der Waals surface area contributed by atoms with Gasteiger partial charge in [-0.15, -0.1) is 0 Å². The fraction of sp³-hybridized carbons (Fsp3) is 0.417. The molecule has 156 valence electrons. The van der Waals surface area contributed by atoms with Crippen molar-refractivity contribution in [2.45, 2.75) is 59.0 Å². The number of aryl methyl sites for hydroxylation is 2. The number of unbranched alkanes of at least 4 members (excludes halogenated alkanes) is 1. The third-order valence-electron chi connectivity index (χ3n) is 5.16. The Hall–Kier alpha value is -2.33. The van der Waals surface area contributed by atoms with Gasteiger partial charge in [-0.1, -0.05) is 67.4 Å². The summed E-state index contributed by atoms with van der Waals surface area (Å²) in [6.07, 6.45) is 2.80. The molecule has 1 unspecified atom stereocenters. The molecular weight excluding hydrogens is 384 g/mol. The number of halogens is 1. The molecular formula is C24H31ClN2O2. The van der Waals surface area contributed by atoms with Crippen molar-refractivity contribution >= 4 is 23.4 Å². The van der Waals surface area contributed by atoms with Crippen molar-refractivity contribution in [1.29, 1.82) is 0 Å². The van der Waals surface area contributed by atoms with Crippen molar-refractivity contribution in [2.24, 2.45) is 0 Å². The number of rotatable bonds is 10. The first kappa shape index (κ1) is 23.0. The smallest absolute Gasteiger partial charge is 0.242 e. The molecule has 0 aliphatic carbocycles. The molecule has 0 fully saturated rings. The van der Waals surface area contributed by atoms with Crippen LogP contribution in [-0.2, 0) is 22.6 Å². The van der Waals surface area contributed by atoms with E-state index < -0.39 is 6.04 Å². The summed E-state index contributed by atoms with van der Waals surface area (Å²) in [5.74, 6) is -0.163. The molecule has 0 aromatic heterocycles. The van der Waals surface area contributed by atoms with Gasteiger partial charge in [0.05, 0.1) is 0 Å². The Balaban J connectivity index is 2.14. The molecule has 5 heteroatoms. The van der Waals surface area contributed by atoms with Gasteiger partial charge in [-0.2, -0.15) is 0 Å². The van der Waals surface area contributed by atoms with Crippen molar-refractivity contribution in [3.63, 3.8) is 0 Å². The van der Waals surface area contributed by atoms with Crippen LogP contribution in [0.25, 0.3) is 0 Å².